The minimum absolute atomic E-state index is 0.0962. The maximum atomic E-state index is 12.2. The average molecular weight is 357 g/mol. The summed E-state index contributed by atoms with van der Waals surface area (Å²) in [6, 6.07) is 12.7. The van der Waals surface area contributed by atoms with Crippen LogP contribution >= 0.6 is 11.3 Å². The average Bonchev–Trinajstić information content (AvgIpc) is 3.25. The molecule has 0 saturated heterocycles. The van der Waals surface area contributed by atoms with Crippen molar-refractivity contribution in [2.45, 2.75) is 38.8 Å². The van der Waals surface area contributed by atoms with Crippen molar-refractivity contribution in [1.29, 1.82) is 0 Å². The van der Waals surface area contributed by atoms with Gasteiger partial charge in [0.1, 0.15) is 0 Å². The van der Waals surface area contributed by atoms with Crippen molar-refractivity contribution >= 4 is 28.1 Å². The normalized spacial score (nSPS) is 13.9. The highest BCUT2D eigenvalue weighted by atomic mass is 32.1. The van der Waals surface area contributed by atoms with E-state index in [9.17, 15) is 4.79 Å². The van der Waals surface area contributed by atoms with Crippen LogP contribution in [0.3, 0.4) is 0 Å². The van der Waals surface area contributed by atoms with E-state index in [4.69, 9.17) is 0 Å². The van der Waals surface area contributed by atoms with E-state index in [1.54, 1.807) is 11.3 Å². The SMILES string of the molecule is CC(C)NC(=O)[C@H](C)[NH2+]C[C@H](c1cccs1)c1c[nH]c2ccccc12. The van der Waals surface area contributed by atoms with Crippen molar-refractivity contribution in [3.63, 3.8) is 0 Å². The van der Waals surface area contributed by atoms with Crippen LogP contribution in [0.15, 0.2) is 48.0 Å². The summed E-state index contributed by atoms with van der Waals surface area (Å²) in [7, 11) is 0. The number of carbonyl (C=O) groups is 1. The monoisotopic (exact) mass is 356 g/mol. The lowest BCUT2D eigenvalue weighted by Gasteiger charge is -2.18. The molecule has 3 rings (SSSR count). The third-order valence-corrected chi connectivity index (χ3v) is 5.44. The zero-order valence-corrected chi connectivity index (χ0v) is 15.8. The van der Waals surface area contributed by atoms with Crippen molar-refractivity contribution in [3.05, 3.63) is 58.4 Å². The maximum absolute atomic E-state index is 12.2. The van der Waals surface area contributed by atoms with Crippen LogP contribution in [0, 0.1) is 0 Å². The van der Waals surface area contributed by atoms with E-state index < -0.39 is 0 Å². The number of amides is 1. The van der Waals surface area contributed by atoms with Crippen molar-refractivity contribution in [1.82, 2.24) is 10.3 Å². The third-order valence-electron chi connectivity index (χ3n) is 4.45. The summed E-state index contributed by atoms with van der Waals surface area (Å²) in [5.74, 6) is 0.365. The number of aromatic nitrogens is 1. The molecule has 0 unspecified atom stereocenters. The molecule has 5 heteroatoms. The molecular formula is C20H26N3OS+. The van der Waals surface area contributed by atoms with Gasteiger partial charge >= 0.3 is 0 Å². The molecule has 0 aliphatic rings. The van der Waals surface area contributed by atoms with Gasteiger partial charge < -0.3 is 15.6 Å². The molecule has 1 amide bonds. The van der Waals surface area contributed by atoms with Crippen LogP contribution < -0.4 is 10.6 Å². The fourth-order valence-corrected chi connectivity index (χ4v) is 3.99. The number of hydrogen-bond acceptors (Lipinski definition) is 2. The van der Waals surface area contributed by atoms with Gasteiger partial charge in [0.15, 0.2) is 6.04 Å². The first kappa shape index (κ1) is 17.7. The van der Waals surface area contributed by atoms with Gasteiger partial charge in [0.05, 0.1) is 12.5 Å². The molecule has 0 radical (unpaired) electrons. The van der Waals surface area contributed by atoms with E-state index in [0.29, 0.717) is 0 Å². The van der Waals surface area contributed by atoms with Gasteiger partial charge in [-0.25, -0.2) is 0 Å². The van der Waals surface area contributed by atoms with Gasteiger partial charge in [-0.2, -0.15) is 0 Å². The Morgan fingerprint density at radius 1 is 1.20 bits per heavy atom. The molecule has 0 fully saturated rings. The lowest BCUT2D eigenvalue weighted by molar-refractivity contribution is -0.674. The van der Waals surface area contributed by atoms with Crippen LogP contribution in [-0.2, 0) is 4.79 Å². The molecule has 0 spiro atoms. The number of nitrogens with two attached hydrogens (primary N) is 1. The van der Waals surface area contributed by atoms with Crippen molar-refractivity contribution in [2.75, 3.05) is 6.54 Å². The molecule has 0 aliphatic heterocycles. The van der Waals surface area contributed by atoms with Crippen molar-refractivity contribution in [2.24, 2.45) is 0 Å². The van der Waals surface area contributed by atoms with Crippen LogP contribution in [0.1, 0.15) is 37.1 Å². The topological polar surface area (TPSA) is 61.5 Å². The highest BCUT2D eigenvalue weighted by molar-refractivity contribution is 7.10. The minimum atomic E-state index is -0.102. The summed E-state index contributed by atoms with van der Waals surface area (Å²) in [4.78, 5) is 16.9. The summed E-state index contributed by atoms with van der Waals surface area (Å²) < 4.78 is 0. The fraction of sp³-hybridized carbons (Fsp3) is 0.350. The molecule has 0 bridgehead atoms. The number of carbonyl (C=O) groups excluding carboxylic acids is 1. The largest absolute Gasteiger partial charge is 0.361 e. The van der Waals surface area contributed by atoms with Crippen molar-refractivity contribution < 1.29 is 10.1 Å². The zero-order chi connectivity index (χ0) is 17.8. The molecule has 4 N–H and O–H groups in total. The second kappa shape index (κ2) is 7.85. The van der Waals surface area contributed by atoms with E-state index in [1.807, 2.05) is 26.8 Å². The first-order valence-corrected chi connectivity index (χ1v) is 9.67. The standard InChI is InChI=1S/C20H25N3OS/c1-13(2)23-20(24)14(3)21-12-17(19-9-6-10-25-19)16-11-22-18-8-5-4-7-15(16)18/h4-11,13-14,17,21-22H,12H2,1-3H3,(H,23,24)/p+1/t14-,17-/m0/s1. The minimum Gasteiger partial charge on any atom is -0.361 e. The van der Waals surface area contributed by atoms with Gasteiger partial charge in [-0.15, -0.1) is 11.3 Å². The fourth-order valence-electron chi connectivity index (χ4n) is 3.13. The van der Waals surface area contributed by atoms with Gasteiger partial charge in [0.2, 0.25) is 0 Å². The highest BCUT2D eigenvalue weighted by Gasteiger charge is 2.24. The number of thiophene rings is 1. The number of fused-ring (bicyclic) bond motifs is 1. The van der Waals surface area contributed by atoms with Crippen LogP contribution in [0.2, 0.25) is 0 Å². The van der Waals surface area contributed by atoms with E-state index in [2.05, 4.69) is 57.5 Å². The van der Waals surface area contributed by atoms with Crippen LogP contribution in [0.4, 0.5) is 0 Å². The first-order chi connectivity index (χ1) is 12.1. The van der Waals surface area contributed by atoms with Gasteiger partial charge in [-0.05, 0) is 43.8 Å². The summed E-state index contributed by atoms with van der Waals surface area (Å²) >= 11 is 1.77. The number of para-hydroxylation sites is 1. The summed E-state index contributed by atoms with van der Waals surface area (Å²) in [6.45, 7) is 6.80. The van der Waals surface area contributed by atoms with Gasteiger partial charge in [-0.1, -0.05) is 24.3 Å². The summed E-state index contributed by atoms with van der Waals surface area (Å²) in [5, 5.41) is 8.51. The highest BCUT2D eigenvalue weighted by Crippen LogP contribution is 2.32. The quantitative estimate of drug-likeness (QED) is 0.599. The Morgan fingerprint density at radius 3 is 2.72 bits per heavy atom. The van der Waals surface area contributed by atoms with Crippen LogP contribution in [0.25, 0.3) is 10.9 Å². The van der Waals surface area contributed by atoms with Crippen LogP contribution in [0.5, 0.6) is 0 Å². The van der Waals surface area contributed by atoms with E-state index in [1.165, 1.54) is 15.8 Å². The Hall–Kier alpha value is -2.11. The molecule has 25 heavy (non-hydrogen) atoms. The lowest BCUT2D eigenvalue weighted by Crippen LogP contribution is -2.92. The molecular weight excluding hydrogens is 330 g/mol. The molecule has 4 nitrogen and oxygen atoms in total. The van der Waals surface area contributed by atoms with E-state index >= 15 is 0 Å². The Labute approximate surface area is 152 Å². The summed E-state index contributed by atoms with van der Waals surface area (Å²) in [6.07, 6.45) is 2.11. The third kappa shape index (κ3) is 4.11. The lowest BCUT2D eigenvalue weighted by atomic mass is 9.96. The maximum Gasteiger partial charge on any atom is 0.278 e. The van der Waals surface area contributed by atoms with Gasteiger partial charge in [-0.3, -0.25) is 4.79 Å². The first-order valence-electron chi connectivity index (χ1n) is 8.79. The van der Waals surface area contributed by atoms with Crippen molar-refractivity contribution in [3.8, 4) is 0 Å². The number of hydrogen-bond donors (Lipinski definition) is 3. The Kier molecular flexibility index (Phi) is 5.56. The van der Waals surface area contributed by atoms with Crippen LogP contribution in [-0.4, -0.2) is 29.5 Å². The molecule has 2 heterocycles. The van der Waals surface area contributed by atoms with Gasteiger partial charge in [0, 0.05) is 28.0 Å². The van der Waals surface area contributed by atoms with E-state index in [0.717, 1.165) is 12.1 Å². The smallest absolute Gasteiger partial charge is 0.278 e. The molecule has 0 saturated carbocycles. The molecule has 2 aromatic heterocycles. The second-order valence-corrected chi connectivity index (χ2v) is 7.76. The second-order valence-electron chi connectivity index (χ2n) is 6.78. The van der Waals surface area contributed by atoms with Gasteiger partial charge in [0.25, 0.3) is 5.91 Å². The number of benzene rings is 1. The number of rotatable bonds is 7. The molecule has 3 aromatic rings. The molecule has 2 atom stereocenters. The predicted octanol–water partition coefficient (Wildman–Crippen LogP) is 2.84. The number of H-pyrrole nitrogens is 1. The molecule has 132 valence electrons. The predicted molar refractivity (Wildman–Crippen MR) is 104 cm³/mol. The Morgan fingerprint density at radius 2 is 2.00 bits per heavy atom. The summed E-state index contributed by atoms with van der Waals surface area (Å²) in [5.41, 5.74) is 2.45. The number of nitrogens with one attached hydrogen (secondary N) is 2. The number of quaternary nitrogens is 1. The Balaban J connectivity index is 1.81. The van der Waals surface area contributed by atoms with E-state index in [-0.39, 0.29) is 23.9 Å². The molecule has 1 aromatic carbocycles. The Bertz CT molecular complexity index is 822. The zero-order valence-electron chi connectivity index (χ0n) is 15.0. The molecule has 0 aliphatic carbocycles. The number of aromatic amines is 1.